The molecule has 0 fully saturated rings. The number of nitrogens with one attached hydrogen (secondary N) is 1. The van der Waals surface area contributed by atoms with Crippen LogP contribution in [0.15, 0.2) is 24.3 Å². The highest BCUT2D eigenvalue weighted by Gasteiger charge is 2.08. The van der Waals surface area contributed by atoms with E-state index in [-0.39, 0.29) is 5.75 Å². The highest BCUT2D eigenvalue weighted by molar-refractivity contribution is 5.57. The van der Waals surface area contributed by atoms with E-state index in [1.165, 1.54) is 12.1 Å². The molecule has 0 saturated carbocycles. The van der Waals surface area contributed by atoms with Crippen LogP contribution < -0.4 is 10.1 Å². The molecule has 0 bridgehead atoms. The first-order valence-corrected chi connectivity index (χ1v) is 4.69. The molecule has 5 heteroatoms. The van der Waals surface area contributed by atoms with Gasteiger partial charge in [-0.2, -0.15) is 8.78 Å². The van der Waals surface area contributed by atoms with E-state index >= 15 is 0 Å². The number of likely N-dealkylation sites (N-methyl/N-ethyl adjacent to an activating group) is 1. The summed E-state index contributed by atoms with van der Waals surface area (Å²) in [5.41, 5.74) is 0.414. The largest absolute Gasteiger partial charge is 0.434 e. The third kappa shape index (κ3) is 3.94. The minimum absolute atomic E-state index is 0.164. The average Bonchev–Trinajstić information content (AvgIpc) is 2.20. The van der Waals surface area contributed by atoms with Crippen molar-refractivity contribution in [2.45, 2.75) is 6.61 Å². The summed E-state index contributed by atoms with van der Waals surface area (Å²) in [7, 11) is 1.76. The second-order valence-corrected chi connectivity index (χ2v) is 3.02. The molecular formula is C11H12F3NO. The summed E-state index contributed by atoms with van der Waals surface area (Å²) in [6.07, 6.45) is 3.32. The molecule has 0 spiro atoms. The number of hydrogen-bond acceptors (Lipinski definition) is 2. The second kappa shape index (κ2) is 6.17. The minimum Gasteiger partial charge on any atom is -0.434 e. The summed E-state index contributed by atoms with van der Waals surface area (Å²) in [6, 6.07) is 3.52. The standard InChI is InChI=1S/C11H12F3NO/c1-15-6-2-3-8-4-5-9(12)7-10(8)16-11(13)14/h2-5,7,11,15H,6H2,1H3. The van der Waals surface area contributed by atoms with E-state index in [0.29, 0.717) is 12.1 Å². The molecule has 0 saturated heterocycles. The van der Waals surface area contributed by atoms with E-state index in [9.17, 15) is 13.2 Å². The molecule has 1 N–H and O–H groups in total. The summed E-state index contributed by atoms with van der Waals surface area (Å²) in [5.74, 6) is -0.774. The van der Waals surface area contributed by atoms with Crippen molar-refractivity contribution in [3.05, 3.63) is 35.7 Å². The predicted molar refractivity (Wildman–Crippen MR) is 56.0 cm³/mol. The smallest absolute Gasteiger partial charge is 0.387 e. The van der Waals surface area contributed by atoms with Gasteiger partial charge in [-0.15, -0.1) is 0 Å². The van der Waals surface area contributed by atoms with Crippen molar-refractivity contribution in [1.82, 2.24) is 5.32 Å². The molecular weight excluding hydrogens is 219 g/mol. The van der Waals surface area contributed by atoms with Gasteiger partial charge in [0.25, 0.3) is 0 Å². The molecule has 0 aliphatic rings. The molecule has 0 amide bonds. The molecule has 0 heterocycles. The summed E-state index contributed by atoms with van der Waals surface area (Å²) in [5, 5.41) is 2.86. The van der Waals surface area contributed by atoms with Gasteiger partial charge in [-0.05, 0) is 19.2 Å². The molecule has 0 aliphatic carbocycles. The van der Waals surface area contributed by atoms with Gasteiger partial charge in [0.05, 0.1) is 0 Å². The Morgan fingerprint density at radius 1 is 1.44 bits per heavy atom. The zero-order valence-electron chi connectivity index (χ0n) is 8.71. The van der Waals surface area contributed by atoms with E-state index in [2.05, 4.69) is 10.1 Å². The molecule has 88 valence electrons. The Kier molecular flexibility index (Phi) is 4.85. The Labute approximate surface area is 91.7 Å². The fourth-order valence-electron chi connectivity index (χ4n) is 1.15. The van der Waals surface area contributed by atoms with Crippen molar-refractivity contribution in [2.24, 2.45) is 0 Å². The van der Waals surface area contributed by atoms with Gasteiger partial charge < -0.3 is 10.1 Å². The fourth-order valence-corrected chi connectivity index (χ4v) is 1.15. The van der Waals surface area contributed by atoms with Crippen molar-refractivity contribution in [3.63, 3.8) is 0 Å². The van der Waals surface area contributed by atoms with Crippen LogP contribution in [-0.2, 0) is 0 Å². The number of alkyl halides is 2. The maximum Gasteiger partial charge on any atom is 0.387 e. The van der Waals surface area contributed by atoms with Gasteiger partial charge >= 0.3 is 6.61 Å². The first-order valence-electron chi connectivity index (χ1n) is 4.69. The molecule has 1 rings (SSSR count). The number of hydrogen-bond donors (Lipinski definition) is 1. The van der Waals surface area contributed by atoms with Crippen LogP contribution >= 0.6 is 0 Å². The molecule has 0 aromatic heterocycles. The third-order valence-electron chi connectivity index (χ3n) is 1.81. The van der Waals surface area contributed by atoms with Crippen molar-refractivity contribution < 1.29 is 17.9 Å². The van der Waals surface area contributed by atoms with Gasteiger partial charge in [-0.1, -0.05) is 12.2 Å². The normalized spacial score (nSPS) is 11.3. The molecule has 0 radical (unpaired) electrons. The number of halogens is 3. The second-order valence-electron chi connectivity index (χ2n) is 3.02. The van der Waals surface area contributed by atoms with Crippen LogP contribution in [0.3, 0.4) is 0 Å². The van der Waals surface area contributed by atoms with Crippen LogP contribution in [0.5, 0.6) is 5.75 Å². The Morgan fingerprint density at radius 3 is 2.81 bits per heavy atom. The zero-order chi connectivity index (χ0) is 12.0. The lowest BCUT2D eigenvalue weighted by Gasteiger charge is -2.07. The van der Waals surface area contributed by atoms with Gasteiger partial charge in [-0.25, -0.2) is 4.39 Å². The van der Waals surface area contributed by atoms with Gasteiger partial charge in [-0.3, -0.25) is 0 Å². The monoisotopic (exact) mass is 231 g/mol. The van der Waals surface area contributed by atoms with Gasteiger partial charge in [0.2, 0.25) is 0 Å². The molecule has 0 aliphatic heterocycles. The lowest BCUT2D eigenvalue weighted by molar-refractivity contribution is -0.0501. The quantitative estimate of drug-likeness (QED) is 0.841. The van der Waals surface area contributed by atoms with Crippen LogP contribution in [0.4, 0.5) is 13.2 Å². The Hall–Kier alpha value is -1.49. The molecule has 0 unspecified atom stereocenters. The maximum atomic E-state index is 12.8. The van der Waals surface area contributed by atoms with Gasteiger partial charge in [0.1, 0.15) is 11.6 Å². The highest BCUT2D eigenvalue weighted by Crippen LogP contribution is 2.23. The average molecular weight is 231 g/mol. The Morgan fingerprint density at radius 2 is 2.19 bits per heavy atom. The molecule has 1 aromatic carbocycles. The van der Waals surface area contributed by atoms with E-state index in [1.807, 2.05) is 0 Å². The minimum atomic E-state index is -2.96. The van der Waals surface area contributed by atoms with Crippen LogP contribution in [0.2, 0.25) is 0 Å². The number of benzene rings is 1. The molecule has 0 atom stereocenters. The van der Waals surface area contributed by atoms with Gasteiger partial charge in [0.15, 0.2) is 0 Å². The van der Waals surface area contributed by atoms with Crippen LogP contribution in [-0.4, -0.2) is 20.2 Å². The fraction of sp³-hybridized carbons (Fsp3) is 0.273. The van der Waals surface area contributed by atoms with Crippen molar-refractivity contribution >= 4 is 6.08 Å². The number of rotatable bonds is 5. The van der Waals surface area contributed by atoms with E-state index in [0.717, 1.165) is 6.07 Å². The lowest BCUT2D eigenvalue weighted by atomic mass is 10.2. The summed E-state index contributed by atoms with van der Waals surface area (Å²) >= 11 is 0. The topological polar surface area (TPSA) is 21.3 Å². The van der Waals surface area contributed by atoms with Gasteiger partial charge in [0, 0.05) is 18.2 Å². The van der Waals surface area contributed by atoms with Crippen molar-refractivity contribution in [2.75, 3.05) is 13.6 Å². The third-order valence-corrected chi connectivity index (χ3v) is 1.81. The lowest BCUT2D eigenvalue weighted by Crippen LogP contribution is -2.05. The van der Waals surface area contributed by atoms with E-state index in [4.69, 9.17) is 0 Å². The maximum absolute atomic E-state index is 12.8. The van der Waals surface area contributed by atoms with Crippen LogP contribution in [0, 0.1) is 5.82 Å². The van der Waals surface area contributed by atoms with E-state index < -0.39 is 12.4 Å². The Balaban J connectivity index is 2.88. The number of ether oxygens (including phenoxy) is 1. The SMILES string of the molecule is CNCC=Cc1ccc(F)cc1OC(F)F. The zero-order valence-corrected chi connectivity index (χ0v) is 8.71. The summed E-state index contributed by atoms with van der Waals surface area (Å²) < 4.78 is 41.1. The van der Waals surface area contributed by atoms with Crippen LogP contribution in [0.25, 0.3) is 6.08 Å². The van der Waals surface area contributed by atoms with Crippen molar-refractivity contribution in [3.8, 4) is 5.75 Å². The molecule has 16 heavy (non-hydrogen) atoms. The van der Waals surface area contributed by atoms with Crippen LogP contribution in [0.1, 0.15) is 5.56 Å². The summed E-state index contributed by atoms with van der Waals surface area (Å²) in [6.45, 7) is -2.37. The van der Waals surface area contributed by atoms with Crippen molar-refractivity contribution in [1.29, 1.82) is 0 Å². The summed E-state index contributed by atoms with van der Waals surface area (Å²) in [4.78, 5) is 0. The first-order chi connectivity index (χ1) is 7.63. The predicted octanol–water partition coefficient (Wildman–Crippen LogP) is 2.66. The van der Waals surface area contributed by atoms with E-state index in [1.54, 1.807) is 19.2 Å². The Bertz CT molecular complexity index is 366. The molecule has 1 aromatic rings. The first kappa shape index (κ1) is 12.6. The highest BCUT2D eigenvalue weighted by atomic mass is 19.3. The molecule has 2 nitrogen and oxygen atoms in total.